The lowest BCUT2D eigenvalue weighted by atomic mass is 9.96. The van der Waals surface area contributed by atoms with Crippen LogP contribution in [0.3, 0.4) is 0 Å². The molecule has 0 N–H and O–H groups in total. The quantitative estimate of drug-likeness (QED) is 0.730. The largest absolute Gasteiger partial charge is 0.400 e. The van der Waals surface area contributed by atoms with Crippen molar-refractivity contribution < 1.29 is 9.22 Å². The third-order valence-electron chi connectivity index (χ3n) is 4.87. The number of hydrogen-bond donors (Lipinski definition) is 0. The van der Waals surface area contributed by atoms with Crippen LogP contribution in [-0.4, -0.2) is 19.1 Å². The highest BCUT2D eigenvalue weighted by Crippen LogP contribution is 2.47. The maximum atomic E-state index is 12.5. The SMILES string of the molecule is CC(=O)[C@@]1(O[Si](C)(C)C(C)(C)C)CCc2cc(Br)cnc21. The zero-order chi connectivity index (χ0) is 16.1. The van der Waals surface area contributed by atoms with E-state index in [2.05, 4.69) is 60.8 Å². The predicted octanol–water partition coefficient (Wildman–Crippen LogP) is 4.60. The van der Waals surface area contributed by atoms with E-state index in [0.717, 1.165) is 22.2 Å². The Morgan fingerprint density at radius 1 is 1.43 bits per heavy atom. The van der Waals surface area contributed by atoms with Crippen LogP contribution in [0.2, 0.25) is 18.1 Å². The van der Waals surface area contributed by atoms with Gasteiger partial charge in [0, 0.05) is 10.7 Å². The number of hydrogen-bond acceptors (Lipinski definition) is 3. The van der Waals surface area contributed by atoms with Crippen LogP contribution < -0.4 is 0 Å². The molecule has 1 atom stereocenters. The van der Waals surface area contributed by atoms with Gasteiger partial charge in [0.15, 0.2) is 19.7 Å². The highest BCUT2D eigenvalue weighted by molar-refractivity contribution is 9.10. The predicted molar refractivity (Wildman–Crippen MR) is 90.9 cm³/mol. The fraction of sp³-hybridized carbons (Fsp3) is 0.625. The average molecular weight is 370 g/mol. The molecule has 3 nitrogen and oxygen atoms in total. The molecular weight excluding hydrogens is 346 g/mol. The summed E-state index contributed by atoms with van der Waals surface area (Å²) in [5.74, 6) is 0.0703. The Hall–Kier alpha value is -0.523. The fourth-order valence-corrected chi connectivity index (χ4v) is 4.47. The van der Waals surface area contributed by atoms with Crippen molar-refractivity contribution in [2.24, 2.45) is 0 Å². The third-order valence-corrected chi connectivity index (χ3v) is 9.77. The number of carbonyl (C=O) groups is 1. The van der Waals surface area contributed by atoms with Crippen LogP contribution in [0.4, 0.5) is 0 Å². The Balaban J connectivity index is 2.50. The van der Waals surface area contributed by atoms with E-state index in [4.69, 9.17) is 4.43 Å². The van der Waals surface area contributed by atoms with Crippen molar-refractivity contribution in [1.82, 2.24) is 4.98 Å². The van der Waals surface area contributed by atoms with Crippen LogP contribution in [0.1, 0.15) is 45.4 Å². The van der Waals surface area contributed by atoms with Crippen molar-refractivity contribution in [3.63, 3.8) is 0 Å². The first-order chi connectivity index (χ1) is 9.49. The summed E-state index contributed by atoms with van der Waals surface area (Å²) >= 11 is 3.45. The first kappa shape index (κ1) is 16.8. The van der Waals surface area contributed by atoms with E-state index in [1.165, 1.54) is 0 Å². The van der Waals surface area contributed by atoms with Gasteiger partial charge in [0.05, 0.1) is 5.69 Å². The molecule has 0 saturated carbocycles. The lowest BCUT2D eigenvalue weighted by Gasteiger charge is -2.43. The van der Waals surface area contributed by atoms with Gasteiger partial charge in [-0.15, -0.1) is 0 Å². The van der Waals surface area contributed by atoms with Gasteiger partial charge in [0.1, 0.15) is 0 Å². The molecule has 0 saturated heterocycles. The molecule has 0 aromatic carbocycles. The van der Waals surface area contributed by atoms with Crippen molar-refractivity contribution in [2.75, 3.05) is 0 Å². The molecule has 0 bridgehead atoms. The van der Waals surface area contributed by atoms with E-state index >= 15 is 0 Å². The molecule has 0 amide bonds. The molecule has 1 aromatic rings. The van der Waals surface area contributed by atoms with Crippen LogP contribution in [0.25, 0.3) is 0 Å². The lowest BCUT2D eigenvalue weighted by Crippen LogP contribution is -2.50. The number of aryl methyl sites for hydroxylation is 1. The van der Waals surface area contributed by atoms with Crippen molar-refractivity contribution in [3.05, 3.63) is 28.0 Å². The number of ketones is 1. The second-order valence-corrected chi connectivity index (χ2v) is 13.0. The fourth-order valence-electron chi connectivity index (χ4n) is 2.57. The summed E-state index contributed by atoms with van der Waals surface area (Å²) in [4.78, 5) is 17.0. The molecule has 1 aliphatic rings. The molecule has 0 unspecified atom stereocenters. The number of aromatic nitrogens is 1. The van der Waals surface area contributed by atoms with Crippen molar-refractivity contribution in [3.8, 4) is 0 Å². The van der Waals surface area contributed by atoms with E-state index in [1.807, 2.05) is 0 Å². The summed E-state index contributed by atoms with van der Waals surface area (Å²) in [6, 6.07) is 2.06. The number of pyridine rings is 1. The van der Waals surface area contributed by atoms with Gasteiger partial charge >= 0.3 is 0 Å². The number of Topliss-reactive ketones (excluding diaryl/α,β-unsaturated/α-hetero) is 1. The Labute approximate surface area is 136 Å². The Morgan fingerprint density at radius 2 is 2.05 bits per heavy atom. The number of halogens is 1. The van der Waals surface area contributed by atoms with Crippen molar-refractivity contribution in [2.45, 2.75) is 64.3 Å². The first-order valence-corrected chi connectivity index (χ1v) is 11.1. The maximum absolute atomic E-state index is 12.5. The van der Waals surface area contributed by atoms with E-state index in [1.54, 1.807) is 13.1 Å². The van der Waals surface area contributed by atoms with Gasteiger partial charge in [-0.05, 0) is 65.5 Å². The molecule has 1 aliphatic carbocycles. The summed E-state index contributed by atoms with van der Waals surface area (Å²) in [5.41, 5.74) is 1.10. The summed E-state index contributed by atoms with van der Waals surface area (Å²) in [7, 11) is -2.06. The van der Waals surface area contributed by atoms with Gasteiger partial charge in [-0.1, -0.05) is 20.8 Å². The molecule has 0 fully saturated rings. The number of nitrogens with zero attached hydrogens (tertiary/aromatic N) is 1. The molecule has 0 aliphatic heterocycles. The third kappa shape index (κ3) is 2.88. The smallest absolute Gasteiger partial charge is 0.193 e. The Bertz CT molecular complexity index is 580. The van der Waals surface area contributed by atoms with Gasteiger partial charge in [-0.3, -0.25) is 9.78 Å². The van der Waals surface area contributed by atoms with E-state index in [-0.39, 0.29) is 10.8 Å². The van der Waals surface area contributed by atoms with Gasteiger partial charge in [-0.2, -0.15) is 0 Å². The van der Waals surface area contributed by atoms with Gasteiger partial charge in [0.25, 0.3) is 0 Å². The zero-order valence-corrected chi connectivity index (χ0v) is 16.3. The van der Waals surface area contributed by atoms with Gasteiger partial charge in [-0.25, -0.2) is 0 Å². The molecule has 0 spiro atoms. The standard InChI is InChI=1S/C16H24BrNO2Si/c1-11(19)16(20-21(5,6)15(2,3)4)8-7-12-9-13(17)10-18-14(12)16/h9-10H,7-8H2,1-6H3/t16-/m0/s1. The summed E-state index contributed by atoms with van der Waals surface area (Å²) < 4.78 is 7.54. The van der Waals surface area contributed by atoms with E-state index in [0.29, 0.717) is 6.42 Å². The topological polar surface area (TPSA) is 39.2 Å². The van der Waals surface area contributed by atoms with E-state index in [9.17, 15) is 4.79 Å². The lowest BCUT2D eigenvalue weighted by molar-refractivity contribution is -0.134. The number of carbonyl (C=O) groups excluding carboxylic acids is 1. The monoisotopic (exact) mass is 369 g/mol. The molecule has 0 radical (unpaired) electrons. The first-order valence-electron chi connectivity index (χ1n) is 7.36. The van der Waals surface area contributed by atoms with Crippen molar-refractivity contribution >= 4 is 30.0 Å². The van der Waals surface area contributed by atoms with E-state index < -0.39 is 13.9 Å². The van der Waals surface area contributed by atoms with Crippen LogP contribution >= 0.6 is 15.9 Å². The molecule has 1 heterocycles. The van der Waals surface area contributed by atoms with Gasteiger partial charge < -0.3 is 4.43 Å². The maximum Gasteiger partial charge on any atom is 0.193 e. The van der Waals surface area contributed by atoms with Gasteiger partial charge in [0.2, 0.25) is 0 Å². The molecule has 21 heavy (non-hydrogen) atoms. The number of rotatable bonds is 3. The van der Waals surface area contributed by atoms with Crippen molar-refractivity contribution in [1.29, 1.82) is 0 Å². The minimum absolute atomic E-state index is 0.0631. The molecular formula is C16H24BrNO2Si. The molecule has 1 aromatic heterocycles. The molecule has 2 rings (SSSR count). The number of fused-ring (bicyclic) bond motifs is 1. The summed E-state index contributed by atoms with van der Waals surface area (Å²) in [6.45, 7) is 12.6. The van der Waals surface area contributed by atoms with Crippen LogP contribution in [0.15, 0.2) is 16.7 Å². The normalized spacial score (nSPS) is 22.2. The average Bonchev–Trinajstić information content (AvgIpc) is 2.66. The highest BCUT2D eigenvalue weighted by atomic mass is 79.9. The molecule has 116 valence electrons. The second kappa shape index (κ2) is 5.28. The minimum atomic E-state index is -2.06. The van der Waals surface area contributed by atoms with Crippen LogP contribution in [-0.2, 0) is 21.2 Å². The Morgan fingerprint density at radius 3 is 2.57 bits per heavy atom. The second-order valence-electron chi connectivity index (χ2n) is 7.41. The Kier molecular flexibility index (Phi) is 4.24. The summed E-state index contributed by atoms with van der Waals surface area (Å²) in [6.07, 6.45) is 3.31. The van der Waals surface area contributed by atoms with Crippen LogP contribution in [0.5, 0.6) is 0 Å². The minimum Gasteiger partial charge on any atom is -0.400 e. The molecule has 5 heteroatoms. The highest BCUT2D eigenvalue weighted by Gasteiger charge is 2.52. The zero-order valence-electron chi connectivity index (χ0n) is 13.7. The van der Waals surface area contributed by atoms with Crippen LogP contribution in [0, 0.1) is 0 Å². The summed E-state index contributed by atoms with van der Waals surface area (Å²) in [5, 5.41) is 0.0631.